The number of aliphatic hydroxyl groups is 1. The van der Waals surface area contributed by atoms with E-state index in [9.17, 15) is 9.90 Å². The molecular formula is C12H22O3. The van der Waals surface area contributed by atoms with E-state index in [4.69, 9.17) is 5.11 Å². The summed E-state index contributed by atoms with van der Waals surface area (Å²) >= 11 is 0. The molecule has 0 aliphatic rings. The number of allylic oxidation sites excluding steroid dienone is 1. The standard InChI is InChI=1S/C12H22O3/c1-9(2)12(15)10(3)7-5-4-6-8-11(13)14/h4,6,9-10,12,15H,5,7-8H2,1-3H3,(H,13,14)/b6-4+/t10-,12+/m1/s1. The zero-order chi connectivity index (χ0) is 11.8. The molecule has 0 aromatic carbocycles. The van der Waals surface area contributed by atoms with Crippen LogP contribution in [0.3, 0.4) is 0 Å². The summed E-state index contributed by atoms with van der Waals surface area (Å²) in [6, 6.07) is 0. The van der Waals surface area contributed by atoms with Gasteiger partial charge in [-0.25, -0.2) is 0 Å². The number of hydrogen-bond donors (Lipinski definition) is 2. The number of rotatable bonds is 7. The Morgan fingerprint density at radius 2 is 1.87 bits per heavy atom. The van der Waals surface area contributed by atoms with Crippen LogP contribution >= 0.6 is 0 Å². The Hall–Kier alpha value is -0.830. The Morgan fingerprint density at radius 3 is 2.33 bits per heavy atom. The third-order valence-corrected chi connectivity index (χ3v) is 2.51. The van der Waals surface area contributed by atoms with Crippen LogP contribution in [0.2, 0.25) is 0 Å². The first-order valence-electron chi connectivity index (χ1n) is 5.50. The summed E-state index contributed by atoms with van der Waals surface area (Å²) in [5, 5.41) is 18.1. The minimum atomic E-state index is -0.804. The van der Waals surface area contributed by atoms with Crippen LogP contribution in [0.15, 0.2) is 12.2 Å². The van der Waals surface area contributed by atoms with E-state index in [0.717, 1.165) is 12.8 Å². The molecule has 0 saturated carbocycles. The molecule has 0 saturated heterocycles. The van der Waals surface area contributed by atoms with Gasteiger partial charge in [-0.15, -0.1) is 0 Å². The van der Waals surface area contributed by atoms with Crippen LogP contribution in [0.1, 0.15) is 40.0 Å². The third-order valence-electron chi connectivity index (χ3n) is 2.51. The maximum absolute atomic E-state index is 10.2. The summed E-state index contributed by atoms with van der Waals surface area (Å²) in [6.07, 6.45) is 5.08. The molecule has 0 bridgehead atoms. The monoisotopic (exact) mass is 214 g/mol. The third kappa shape index (κ3) is 7.14. The molecule has 0 aromatic rings. The Balaban J connectivity index is 3.67. The molecule has 0 rings (SSSR count). The maximum Gasteiger partial charge on any atom is 0.307 e. The van der Waals surface area contributed by atoms with Gasteiger partial charge in [0.1, 0.15) is 0 Å². The second kappa shape index (κ2) is 7.46. The number of aliphatic hydroxyl groups excluding tert-OH is 1. The number of carbonyl (C=O) groups is 1. The number of hydrogen-bond acceptors (Lipinski definition) is 2. The molecule has 3 heteroatoms. The average Bonchev–Trinajstić information content (AvgIpc) is 2.15. The number of carboxylic acid groups (broad SMARTS) is 1. The first-order valence-corrected chi connectivity index (χ1v) is 5.50. The zero-order valence-corrected chi connectivity index (χ0v) is 9.81. The van der Waals surface area contributed by atoms with E-state index >= 15 is 0 Å². The SMILES string of the molecule is CC(C)[C@H](O)[C@H](C)CC/C=C/CC(=O)O. The van der Waals surface area contributed by atoms with E-state index in [-0.39, 0.29) is 24.4 Å². The van der Waals surface area contributed by atoms with E-state index in [2.05, 4.69) is 0 Å². The first kappa shape index (κ1) is 14.2. The molecule has 0 fully saturated rings. The molecule has 0 radical (unpaired) electrons. The molecule has 88 valence electrons. The van der Waals surface area contributed by atoms with Gasteiger partial charge in [0.2, 0.25) is 0 Å². The molecular weight excluding hydrogens is 192 g/mol. The van der Waals surface area contributed by atoms with Crippen molar-refractivity contribution in [3.05, 3.63) is 12.2 Å². The predicted molar refractivity (Wildman–Crippen MR) is 60.6 cm³/mol. The van der Waals surface area contributed by atoms with Gasteiger partial charge in [-0.3, -0.25) is 4.79 Å². The van der Waals surface area contributed by atoms with E-state index in [0.29, 0.717) is 0 Å². The lowest BCUT2D eigenvalue weighted by atomic mass is 9.91. The van der Waals surface area contributed by atoms with Crippen LogP contribution in [0.4, 0.5) is 0 Å². The van der Waals surface area contributed by atoms with E-state index in [1.165, 1.54) is 0 Å². The molecule has 0 amide bonds. The maximum atomic E-state index is 10.2. The normalized spacial score (nSPS) is 15.8. The topological polar surface area (TPSA) is 57.5 Å². The second-order valence-corrected chi connectivity index (χ2v) is 4.36. The van der Waals surface area contributed by atoms with Crippen molar-refractivity contribution in [1.29, 1.82) is 0 Å². The Morgan fingerprint density at radius 1 is 1.27 bits per heavy atom. The van der Waals surface area contributed by atoms with Crippen molar-refractivity contribution in [2.75, 3.05) is 0 Å². The van der Waals surface area contributed by atoms with Gasteiger partial charge in [-0.2, -0.15) is 0 Å². The van der Waals surface area contributed by atoms with Crippen molar-refractivity contribution in [2.45, 2.75) is 46.1 Å². The van der Waals surface area contributed by atoms with Crippen LogP contribution in [0.25, 0.3) is 0 Å². The van der Waals surface area contributed by atoms with Gasteiger partial charge in [0.25, 0.3) is 0 Å². The Kier molecular flexibility index (Phi) is 7.05. The fraction of sp³-hybridized carbons (Fsp3) is 0.750. The quantitative estimate of drug-likeness (QED) is 0.640. The highest BCUT2D eigenvalue weighted by atomic mass is 16.4. The van der Waals surface area contributed by atoms with Crippen molar-refractivity contribution < 1.29 is 15.0 Å². The van der Waals surface area contributed by atoms with Crippen LogP contribution in [-0.2, 0) is 4.79 Å². The second-order valence-electron chi connectivity index (χ2n) is 4.36. The smallest absolute Gasteiger partial charge is 0.307 e. The van der Waals surface area contributed by atoms with E-state index in [1.54, 1.807) is 6.08 Å². The predicted octanol–water partition coefficient (Wildman–Crippen LogP) is 2.45. The van der Waals surface area contributed by atoms with Gasteiger partial charge in [-0.05, 0) is 24.7 Å². The first-order chi connectivity index (χ1) is 6.95. The minimum absolute atomic E-state index is 0.0844. The molecule has 0 unspecified atom stereocenters. The lowest BCUT2D eigenvalue weighted by Crippen LogP contribution is -2.23. The summed E-state index contributed by atoms with van der Waals surface area (Å²) in [7, 11) is 0. The van der Waals surface area contributed by atoms with Gasteiger partial charge < -0.3 is 10.2 Å². The van der Waals surface area contributed by atoms with E-state index in [1.807, 2.05) is 26.8 Å². The minimum Gasteiger partial charge on any atom is -0.481 e. The van der Waals surface area contributed by atoms with Gasteiger partial charge in [0.15, 0.2) is 0 Å². The van der Waals surface area contributed by atoms with Crippen LogP contribution in [0, 0.1) is 11.8 Å². The molecule has 0 aromatic heterocycles. The number of carboxylic acids is 1. The lowest BCUT2D eigenvalue weighted by molar-refractivity contribution is -0.136. The highest BCUT2D eigenvalue weighted by Crippen LogP contribution is 2.17. The summed E-state index contributed by atoms with van der Waals surface area (Å²) < 4.78 is 0. The number of aliphatic carboxylic acids is 1. The van der Waals surface area contributed by atoms with Crippen molar-refractivity contribution in [1.82, 2.24) is 0 Å². The molecule has 2 atom stereocenters. The molecule has 0 heterocycles. The summed E-state index contributed by atoms with van der Waals surface area (Å²) in [5.74, 6) is -0.260. The van der Waals surface area contributed by atoms with Gasteiger partial charge in [0.05, 0.1) is 12.5 Å². The molecule has 15 heavy (non-hydrogen) atoms. The van der Waals surface area contributed by atoms with Crippen molar-refractivity contribution in [3.8, 4) is 0 Å². The largest absolute Gasteiger partial charge is 0.481 e. The molecule has 3 nitrogen and oxygen atoms in total. The van der Waals surface area contributed by atoms with Crippen molar-refractivity contribution in [2.24, 2.45) is 11.8 Å². The molecule has 0 spiro atoms. The van der Waals surface area contributed by atoms with Crippen molar-refractivity contribution >= 4 is 5.97 Å². The van der Waals surface area contributed by atoms with E-state index < -0.39 is 5.97 Å². The highest BCUT2D eigenvalue weighted by molar-refractivity contribution is 5.68. The van der Waals surface area contributed by atoms with Crippen LogP contribution in [-0.4, -0.2) is 22.3 Å². The van der Waals surface area contributed by atoms with Gasteiger partial charge in [0, 0.05) is 0 Å². The fourth-order valence-corrected chi connectivity index (χ4v) is 1.49. The fourth-order valence-electron chi connectivity index (χ4n) is 1.49. The highest BCUT2D eigenvalue weighted by Gasteiger charge is 2.16. The summed E-state index contributed by atoms with van der Waals surface area (Å²) in [4.78, 5) is 10.2. The average molecular weight is 214 g/mol. The summed E-state index contributed by atoms with van der Waals surface area (Å²) in [6.45, 7) is 6.03. The van der Waals surface area contributed by atoms with Crippen LogP contribution in [0.5, 0.6) is 0 Å². The Bertz CT molecular complexity index is 209. The molecule has 2 N–H and O–H groups in total. The summed E-state index contributed by atoms with van der Waals surface area (Å²) in [5.41, 5.74) is 0. The van der Waals surface area contributed by atoms with Gasteiger partial charge >= 0.3 is 5.97 Å². The lowest BCUT2D eigenvalue weighted by Gasteiger charge is -2.21. The molecule has 0 aliphatic carbocycles. The van der Waals surface area contributed by atoms with Crippen LogP contribution < -0.4 is 0 Å². The zero-order valence-electron chi connectivity index (χ0n) is 9.81. The van der Waals surface area contributed by atoms with Crippen molar-refractivity contribution in [3.63, 3.8) is 0 Å². The Labute approximate surface area is 91.8 Å². The molecule has 0 aliphatic heterocycles. The van der Waals surface area contributed by atoms with Gasteiger partial charge in [-0.1, -0.05) is 32.9 Å².